The molecule has 1 nitrogen and oxygen atoms in total. The maximum absolute atomic E-state index is 2.32. The molecule has 0 aromatic heterocycles. The molecule has 0 fully saturated rings. The van der Waals surface area contributed by atoms with E-state index in [2.05, 4.69) is 67.4 Å². The van der Waals surface area contributed by atoms with Gasteiger partial charge >= 0.3 is 0 Å². The van der Waals surface area contributed by atoms with Gasteiger partial charge in [0.15, 0.2) is 0 Å². The van der Waals surface area contributed by atoms with E-state index < -0.39 is 0 Å². The Morgan fingerprint density at radius 3 is 2.87 bits per heavy atom. The minimum absolute atomic E-state index is 0.439. The Morgan fingerprint density at radius 1 is 1.20 bits per heavy atom. The van der Waals surface area contributed by atoms with Crippen LogP contribution in [0.15, 0.2) is 48.6 Å². The SMILES string of the molecule is CC1/C=C\C=C/Cc2ccccc2N1C. The molecule has 0 aliphatic carbocycles. The molecule has 15 heavy (non-hydrogen) atoms. The highest BCUT2D eigenvalue weighted by atomic mass is 15.1. The summed E-state index contributed by atoms with van der Waals surface area (Å²) in [5.41, 5.74) is 2.73. The molecule has 1 atom stereocenters. The van der Waals surface area contributed by atoms with E-state index in [1.165, 1.54) is 11.3 Å². The molecular formula is C14H17N. The van der Waals surface area contributed by atoms with Crippen LogP contribution in [0, 0.1) is 0 Å². The second-order valence-electron chi connectivity index (χ2n) is 4.00. The first-order valence-corrected chi connectivity index (χ1v) is 5.43. The zero-order valence-corrected chi connectivity index (χ0v) is 9.35. The van der Waals surface area contributed by atoms with Crippen molar-refractivity contribution in [3.8, 4) is 0 Å². The minimum Gasteiger partial charge on any atom is -0.368 e. The molecule has 0 spiro atoms. The van der Waals surface area contributed by atoms with Gasteiger partial charge in [0, 0.05) is 18.8 Å². The van der Waals surface area contributed by atoms with Crippen LogP contribution in [0.5, 0.6) is 0 Å². The van der Waals surface area contributed by atoms with Crippen LogP contribution in [0.3, 0.4) is 0 Å². The van der Waals surface area contributed by atoms with Crippen LogP contribution >= 0.6 is 0 Å². The molecule has 0 saturated heterocycles. The number of hydrogen-bond donors (Lipinski definition) is 0. The van der Waals surface area contributed by atoms with Gasteiger partial charge in [0.2, 0.25) is 0 Å². The van der Waals surface area contributed by atoms with E-state index in [0.717, 1.165) is 6.42 Å². The summed E-state index contributed by atoms with van der Waals surface area (Å²) in [6.07, 6.45) is 9.71. The molecule has 1 aliphatic rings. The smallest absolute Gasteiger partial charge is 0.0444 e. The normalized spacial score (nSPS) is 24.7. The summed E-state index contributed by atoms with van der Waals surface area (Å²) in [4.78, 5) is 2.32. The van der Waals surface area contributed by atoms with E-state index in [4.69, 9.17) is 0 Å². The van der Waals surface area contributed by atoms with Crippen molar-refractivity contribution < 1.29 is 0 Å². The number of likely N-dealkylation sites (N-methyl/N-ethyl adjacent to an activating group) is 1. The largest absolute Gasteiger partial charge is 0.368 e. The van der Waals surface area contributed by atoms with Gasteiger partial charge in [-0.1, -0.05) is 42.5 Å². The average Bonchev–Trinajstić information content (AvgIpc) is 2.33. The highest BCUT2D eigenvalue weighted by Gasteiger charge is 2.10. The van der Waals surface area contributed by atoms with Crippen LogP contribution in [-0.4, -0.2) is 13.1 Å². The highest BCUT2D eigenvalue weighted by Crippen LogP contribution is 2.23. The third kappa shape index (κ3) is 2.12. The van der Waals surface area contributed by atoms with Crippen molar-refractivity contribution in [1.82, 2.24) is 0 Å². The third-order valence-corrected chi connectivity index (χ3v) is 2.96. The Morgan fingerprint density at radius 2 is 2.00 bits per heavy atom. The number of allylic oxidation sites excluding steroid dienone is 3. The van der Waals surface area contributed by atoms with E-state index in [0.29, 0.717) is 6.04 Å². The standard InChI is InChI=1S/C14H17N/c1-12-8-4-3-5-9-13-10-6-7-11-14(13)15(12)2/h3-8,10-12H,9H2,1-2H3/b5-3-,8-4-. The lowest BCUT2D eigenvalue weighted by atomic mass is 10.1. The van der Waals surface area contributed by atoms with Crippen LogP contribution in [0.4, 0.5) is 5.69 Å². The third-order valence-electron chi connectivity index (χ3n) is 2.96. The number of para-hydroxylation sites is 1. The zero-order valence-electron chi connectivity index (χ0n) is 9.35. The molecule has 1 aromatic rings. The van der Waals surface area contributed by atoms with Crippen LogP contribution in [0.25, 0.3) is 0 Å². The number of nitrogens with zero attached hydrogens (tertiary/aromatic N) is 1. The average molecular weight is 199 g/mol. The second kappa shape index (κ2) is 4.35. The Bertz CT molecular complexity index is 390. The summed E-state index contributed by atoms with van der Waals surface area (Å²) in [6, 6.07) is 9.05. The van der Waals surface area contributed by atoms with Crippen LogP contribution in [0.2, 0.25) is 0 Å². The first-order chi connectivity index (χ1) is 7.29. The lowest BCUT2D eigenvalue weighted by Crippen LogP contribution is -2.27. The molecular weight excluding hydrogens is 182 g/mol. The fraction of sp³-hybridized carbons (Fsp3) is 0.286. The molecule has 0 radical (unpaired) electrons. The Hall–Kier alpha value is -1.50. The minimum atomic E-state index is 0.439. The predicted octanol–water partition coefficient (Wildman–Crippen LogP) is 3.18. The molecule has 78 valence electrons. The first-order valence-electron chi connectivity index (χ1n) is 5.43. The molecule has 0 amide bonds. The number of benzene rings is 1. The Kier molecular flexibility index (Phi) is 2.91. The molecule has 0 saturated carbocycles. The fourth-order valence-electron chi connectivity index (χ4n) is 1.87. The van der Waals surface area contributed by atoms with Gasteiger partial charge < -0.3 is 4.90 Å². The van der Waals surface area contributed by atoms with Gasteiger partial charge in [-0.15, -0.1) is 0 Å². The lowest BCUT2D eigenvalue weighted by molar-refractivity contribution is 0.819. The van der Waals surface area contributed by atoms with E-state index in [1.807, 2.05) is 0 Å². The molecule has 1 aliphatic heterocycles. The van der Waals surface area contributed by atoms with Gasteiger partial charge in [-0.25, -0.2) is 0 Å². The molecule has 1 aromatic carbocycles. The van der Waals surface area contributed by atoms with Gasteiger partial charge in [-0.2, -0.15) is 0 Å². The van der Waals surface area contributed by atoms with Crippen LogP contribution in [0.1, 0.15) is 12.5 Å². The van der Waals surface area contributed by atoms with E-state index >= 15 is 0 Å². The molecule has 1 unspecified atom stereocenters. The lowest BCUT2D eigenvalue weighted by Gasteiger charge is -2.26. The van der Waals surface area contributed by atoms with Crippen molar-refractivity contribution in [1.29, 1.82) is 0 Å². The van der Waals surface area contributed by atoms with Gasteiger partial charge in [0.25, 0.3) is 0 Å². The molecule has 0 N–H and O–H groups in total. The molecule has 1 heteroatoms. The van der Waals surface area contributed by atoms with Crippen molar-refractivity contribution in [3.05, 3.63) is 54.1 Å². The summed E-state index contributed by atoms with van der Waals surface area (Å²) in [5.74, 6) is 0. The van der Waals surface area contributed by atoms with Gasteiger partial charge in [-0.3, -0.25) is 0 Å². The van der Waals surface area contributed by atoms with Crippen molar-refractivity contribution in [3.63, 3.8) is 0 Å². The van der Waals surface area contributed by atoms with Crippen molar-refractivity contribution in [2.24, 2.45) is 0 Å². The Labute approximate surface area is 91.7 Å². The van der Waals surface area contributed by atoms with Crippen molar-refractivity contribution >= 4 is 5.69 Å². The summed E-state index contributed by atoms with van der Waals surface area (Å²) in [5, 5.41) is 0. The van der Waals surface area contributed by atoms with Gasteiger partial charge in [0.05, 0.1) is 0 Å². The van der Waals surface area contributed by atoms with E-state index in [9.17, 15) is 0 Å². The predicted molar refractivity (Wildman–Crippen MR) is 66.3 cm³/mol. The number of hydrogen-bond acceptors (Lipinski definition) is 1. The quantitative estimate of drug-likeness (QED) is 0.620. The van der Waals surface area contributed by atoms with Gasteiger partial charge in [0.1, 0.15) is 0 Å². The van der Waals surface area contributed by atoms with Gasteiger partial charge in [-0.05, 0) is 25.0 Å². The number of rotatable bonds is 0. The molecule has 1 heterocycles. The second-order valence-corrected chi connectivity index (χ2v) is 4.00. The summed E-state index contributed by atoms with van der Waals surface area (Å²) in [6.45, 7) is 2.21. The first kappa shape index (κ1) is 10.0. The van der Waals surface area contributed by atoms with Crippen molar-refractivity contribution in [2.75, 3.05) is 11.9 Å². The summed E-state index contributed by atoms with van der Waals surface area (Å²) < 4.78 is 0. The van der Waals surface area contributed by atoms with E-state index in [1.54, 1.807) is 0 Å². The van der Waals surface area contributed by atoms with Crippen LogP contribution in [-0.2, 0) is 6.42 Å². The van der Waals surface area contributed by atoms with Crippen molar-refractivity contribution in [2.45, 2.75) is 19.4 Å². The zero-order chi connectivity index (χ0) is 10.7. The highest BCUT2D eigenvalue weighted by molar-refractivity contribution is 5.55. The maximum atomic E-state index is 2.32. The molecule has 0 bridgehead atoms. The maximum Gasteiger partial charge on any atom is 0.0444 e. The number of fused-ring (bicyclic) bond motifs is 1. The monoisotopic (exact) mass is 199 g/mol. The molecule has 2 rings (SSSR count). The van der Waals surface area contributed by atoms with E-state index in [-0.39, 0.29) is 0 Å². The topological polar surface area (TPSA) is 3.24 Å². The summed E-state index contributed by atoms with van der Waals surface area (Å²) in [7, 11) is 2.15. The fourth-order valence-corrected chi connectivity index (χ4v) is 1.87. The summed E-state index contributed by atoms with van der Waals surface area (Å²) >= 11 is 0. The number of anilines is 1. The van der Waals surface area contributed by atoms with Crippen LogP contribution < -0.4 is 4.90 Å². The Balaban J connectivity index is 2.44.